The predicted octanol–water partition coefficient (Wildman–Crippen LogP) is 4.70. The molecule has 0 fully saturated rings. The van der Waals surface area contributed by atoms with Crippen LogP contribution in [-0.2, 0) is 10.5 Å². The molecule has 0 atom stereocenters. The summed E-state index contributed by atoms with van der Waals surface area (Å²) in [6.45, 7) is 6.99. The number of nitrogens with one attached hydrogen (secondary N) is 2. The Bertz CT molecular complexity index is 776. The first-order valence-corrected chi connectivity index (χ1v) is 10.5. The number of anilines is 1. The summed E-state index contributed by atoms with van der Waals surface area (Å²) in [6.07, 6.45) is 0. The average molecular weight is 403 g/mol. The minimum Gasteiger partial charge on any atom is -0.462 e. The van der Waals surface area contributed by atoms with E-state index in [0.29, 0.717) is 17.3 Å². The van der Waals surface area contributed by atoms with Crippen LogP contribution in [0.15, 0.2) is 42.5 Å². The second kappa shape index (κ2) is 10.9. The van der Waals surface area contributed by atoms with Crippen LogP contribution in [0, 0.1) is 13.8 Å². The summed E-state index contributed by atoms with van der Waals surface area (Å²) in [5.41, 5.74) is 4.99. The lowest BCUT2D eigenvalue weighted by molar-refractivity contribution is 0.0526. The van der Waals surface area contributed by atoms with Crippen molar-refractivity contribution in [1.82, 2.24) is 5.32 Å². The SMILES string of the molecule is CCOC(=O)c1ccc(NC(=S)NCCSCc2ccc(C)cc2)c(C)c1. The maximum atomic E-state index is 11.8. The van der Waals surface area contributed by atoms with Gasteiger partial charge in [0.1, 0.15) is 0 Å². The highest BCUT2D eigenvalue weighted by atomic mass is 32.2. The Morgan fingerprint density at radius 1 is 1.15 bits per heavy atom. The summed E-state index contributed by atoms with van der Waals surface area (Å²) in [4.78, 5) is 11.8. The molecular formula is C21H26N2O2S2. The van der Waals surface area contributed by atoms with Crippen molar-refractivity contribution in [3.63, 3.8) is 0 Å². The number of benzene rings is 2. The zero-order valence-corrected chi connectivity index (χ0v) is 17.6. The van der Waals surface area contributed by atoms with Gasteiger partial charge in [-0.05, 0) is 62.3 Å². The maximum Gasteiger partial charge on any atom is 0.338 e. The number of rotatable bonds is 8. The lowest BCUT2D eigenvalue weighted by Crippen LogP contribution is -2.30. The molecule has 0 bridgehead atoms. The number of ether oxygens (including phenoxy) is 1. The molecule has 144 valence electrons. The van der Waals surface area contributed by atoms with E-state index < -0.39 is 0 Å². The van der Waals surface area contributed by atoms with E-state index in [1.165, 1.54) is 11.1 Å². The van der Waals surface area contributed by atoms with Crippen LogP contribution in [0.4, 0.5) is 5.69 Å². The Morgan fingerprint density at radius 3 is 2.56 bits per heavy atom. The van der Waals surface area contributed by atoms with E-state index in [9.17, 15) is 4.79 Å². The summed E-state index contributed by atoms with van der Waals surface area (Å²) < 4.78 is 5.02. The molecule has 0 saturated heterocycles. The van der Waals surface area contributed by atoms with E-state index in [1.807, 2.05) is 24.8 Å². The maximum absolute atomic E-state index is 11.8. The normalized spacial score (nSPS) is 10.3. The van der Waals surface area contributed by atoms with E-state index in [1.54, 1.807) is 19.1 Å². The van der Waals surface area contributed by atoms with Gasteiger partial charge in [0, 0.05) is 23.7 Å². The molecule has 27 heavy (non-hydrogen) atoms. The number of thioether (sulfide) groups is 1. The van der Waals surface area contributed by atoms with Crippen molar-refractivity contribution in [1.29, 1.82) is 0 Å². The Morgan fingerprint density at radius 2 is 1.89 bits per heavy atom. The molecule has 2 aromatic carbocycles. The fourth-order valence-electron chi connectivity index (χ4n) is 2.42. The van der Waals surface area contributed by atoms with Gasteiger partial charge in [-0.3, -0.25) is 0 Å². The van der Waals surface area contributed by atoms with E-state index in [-0.39, 0.29) is 5.97 Å². The molecule has 0 aliphatic heterocycles. The summed E-state index contributed by atoms with van der Waals surface area (Å²) in [5, 5.41) is 6.98. The lowest BCUT2D eigenvalue weighted by atomic mass is 10.1. The first-order chi connectivity index (χ1) is 13.0. The summed E-state index contributed by atoms with van der Waals surface area (Å²) >= 11 is 7.23. The Hall–Kier alpha value is -2.05. The van der Waals surface area contributed by atoms with Crippen LogP contribution in [0.1, 0.15) is 34.0 Å². The van der Waals surface area contributed by atoms with E-state index >= 15 is 0 Å². The molecule has 0 heterocycles. The third kappa shape index (κ3) is 7.23. The smallest absolute Gasteiger partial charge is 0.338 e. The summed E-state index contributed by atoms with van der Waals surface area (Å²) in [5.74, 6) is 1.66. The molecule has 0 radical (unpaired) electrons. The largest absolute Gasteiger partial charge is 0.462 e. The minimum absolute atomic E-state index is 0.307. The standard InChI is InChI=1S/C21H26N2O2S2/c1-4-25-20(24)18-9-10-19(16(3)13-18)23-21(26)22-11-12-27-14-17-7-5-15(2)6-8-17/h5-10,13H,4,11-12,14H2,1-3H3,(H2,22,23,26). The molecule has 0 unspecified atom stereocenters. The zero-order valence-electron chi connectivity index (χ0n) is 16.0. The Kier molecular flexibility index (Phi) is 8.61. The highest BCUT2D eigenvalue weighted by molar-refractivity contribution is 7.98. The van der Waals surface area contributed by atoms with Crippen LogP contribution < -0.4 is 10.6 Å². The topological polar surface area (TPSA) is 50.4 Å². The molecular weight excluding hydrogens is 376 g/mol. The number of hydrogen-bond donors (Lipinski definition) is 2. The highest BCUT2D eigenvalue weighted by Gasteiger charge is 2.09. The molecule has 4 nitrogen and oxygen atoms in total. The van der Waals surface area contributed by atoms with Gasteiger partial charge in [0.15, 0.2) is 5.11 Å². The monoisotopic (exact) mass is 402 g/mol. The number of aryl methyl sites for hydroxylation is 2. The third-order valence-electron chi connectivity index (χ3n) is 3.91. The second-order valence-corrected chi connectivity index (χ2v) is 7.68. The van der Waals surface area contributed by atoms with Crippen molar-refractivity contribution in [3.8, 4) is 0 Å². The van der Waals surface area contributed by atoms with Gasteiger partial charge < -0.3 is 15.4 Å². The van der Waals surface area contributed by atoms with Crippen molar-refractivity contribution < 1.29 is 9.53 Å². The van der Waals surface area contributed by atoms with Gasteiger partial charge in [0.25, 0.3) is 0 Å². The van der Waals surface area contributed by atoms with Crippen LogP contribution in [0.5, 0.6) is 0 Å². The molecule has 2 N–H and O–H groups in total. The Balaban J connectivity index is 1.72. The molecule has 0 amide bonds. The van der Waals surface area contributed by atoms with E-state index in [0.717, 1.165) is 29.3 Å². The fourth-order valence-corrected chi connectivity index (χ4v) is 3.45. The highest BCUT2D eigenvalue weighted by Crippen LogP contribution is 2.17. The van der Waals surface area contributed by atoms with Crippen LogP contribution in [0.3, 0.4) is 0 Å². The van der Waals surface area contributed by atoms with Crippen LogP contribution in [-0.4, -0.2) is 30.0 Å². The van der Waals surface area contributed by atoms with Crippen LogP contribution in [0.2, 0.25) is 0 Å². The Labute approximate surface area is 171 Å². The van der Waals surface area contributed by atoms with Crippen LogP contribution in [0.25, 0.3) is 0 Å². The van der Waals surface area contributed by atoms with Gasteiger partial charge in [-0.2, -0.15) is 11.8 Å². The number of thiocarbonyl (C=S) groups is 1. The van der Waals surface area contributed by atoms with Gasteiger partial charge in [-0.1, -0.05) is 29.8 Å². The molecule has 0 aliphatic rings. The van der Waals surface area contributed by atoms with E-state index in [4.69, 9.17) is 17.0 Å². The van der Waals surface area contributed by atoms with E-state index in [2.05, 4.69) is 41.8 Å². The number of carbonyl (C=O) groups is 1. The van der Waals surface area contributed by atoms with Gasteiger partial charge in [0.05, 0.1) is 12.2 Å². The quantitative estimate of drug-likeness (QED) is 0.379. The first kappa shape index (κ1) is 21.3. The number of carbonyl (C=O) groups excluding carboxylic acids is 1. The molecule has 0 aromatic heterocycles. The predicted molar refractivity (Wildman–Crippen MR) is 119 cm³/mol. The fraction of sp³-hybridized carbons (Fsp3) is 0.333. The summed E-state index contributed by atoms with van der Waals surface area (Å²) in [7, 11) is 0. The zero-order chi connectivity index (χ0) is 19.6. The van der Waals surface area contributed by atoms with Crippen LogP contribution >= 0.6 is 24.0 Å². The molecule has 6 heteroatoms. The minimum atomic E-state index is -0.307. The van der Waals surface area contributed by atoms with Gasteiger partial charge in [-0.25, -0.2) is 4.79 Å². The molecule has 0 saturated carbocycles. The van der Waals surface area contributed by atoms with Gasteiger partial charge >= 0.3 is 5.97 Å². The van der Waals surface area contributed by atoms with Crippen molar-refractivity contribution in [2.45, 2.75) is 26.5 Å². The lowest BCUT2D eigenvalue weighted by Gasteiger charge is -2.13. The molecule has 2 rings (SSSR count). The number of esters is 1. The number of hydrogen-bond acceptors (Lipinski definition) is 4. The van der Waals surface area contributed by atoms with Crippen molar-refractivity contribution >= 4 is 40.7 Å². The molecule has 2 aromatic rings. The second-order valence-electron chi connectivity index (χ2n) is 6.17. The van der Waals surface area contributed by atoms with Gasteiger partial charge in [0.2, 0.25) is 0 Å². The van der Waals surface area contributed by atoms with Gasteiger partial charge in [-0.15, -0.1) is 0 Å². The van der Waals surface area contributed by atoms with Crippen molar-refractivity contribution in [2.75, 3.05) is 24.2 Å². The average Bonchev–Trinajstić information content (AvgIpc) is 2.65. The first-order valence-electron chi connectivity index (χ1n) is 8.95. The van der Waals surface area contributed by atoms with Crippen molar-refractivity contribution in [3.05, 3.63) is 64.7 Å². The molecule has 0 spiro atoms. The molecule has 0 aliphatic carbocycles. The summed E-state index contributed by atoms with van der Waals surface area (Å²) in [6, 6.07) is 14.0. The van der Waals surface area contributed by atoms with Crippen molar-refractivity contribution in [2.24, 2.45) is 0 Å². The third-order valence-corrected chi connectivity index (χ3v) is 5.18.